The SMILES string of the molecule is COC(=O)C(Cc1ccc(C)cc1)NC(=S)C1(CCCS(C)(=O)=O)CCC1. The normalized spacial score (nSPS) is 16.9. The third kappa shape index (κ3) is 6.28. The summed E-state index contributed by atoms with van der Waals surface area (Å²) in [6, 6.07) is 7.49. The zero-order valence-electron chi connectivity index (χ0n) is 16.3. The Bertz CT molecular complexity index is 768. The lowest BCUT2D eigenvalue weighted by Crippen LogP contribution is -2.51. The number of carbonyl (C=O) groups excluding carboxylic acids is 1. The van der Waals surface area contributed by atoms with Crippen molar-refractivity contribution in [2.45, 2.75) is 51.5 Å². The van der Waals surface area contributed by atoms with Crippen LogP contribution in [0, 0.1) is 12.3 Å². The number of carbonyl (C=O) groups is 1. The van der Waals surface area contributed by atoms with Crippen molar-refractivity contribution in [3.8, 4) is 0 Å². The van der Waals surface area contributed by atoms with Crippen LogP contribution in [0.3, 0.4) is 0 Å². The molecule has 0 saturated heterocycles. The lowest BCUT2D eigenvalue weighted by Gasteiger charge is -2.43. The van der Waals surface area contributed by atoms with Gasteiger partial charge in [0, 0.05) is 23.8 Å². The molecule has 0 spiro atoms. The molecule has 0 heterocycles. The average Bonchev–Trinajstić information content (AvgIpc) is 2.56. The number of hydrogen-bond donors (Lipinski definition) is 1. The average molecular weight is 412 g/mol. The molecule has 1 fully saturated rings. The van der Waals surface area contributed by atoms with Crippen molar-refractivity contribution in [1.82, 2.24) is 5.32 Å². The fourth-order valence-corrected chi connectivity index (χ4v) is 4.59. The zero-order valence-corrected chi connectivity index (χ0v) is 17.9. The first-order chi connectivity index (χ1) is 12.6. The predicted molar refractivity (Wildman–Crippen MR) is 112 cm³/mol. The molecule has 0 radical (unpaired) electrons. The maximum absolute atomic E-state index is 12.3. The number of methoxy groups -OCH3 is 1. The Hall–Kier alpha value is -1.47. The third-order valence-corrected chi connectivity index (χ3v) is 6.90. The first-order valence-corrected chi connectivity index (χ1v) is 11.7. The number of aryl methyl sites for hydroxylation is 1. The molecule has 0 bridgehead atoms. The summed E-state index contributed by atoms with van der Waals surface area (Å²) in [5.41, 5.74) is 2.00. The van der Waals surface area contributed by atoms with E-state index in [1.165, 1.54) is 13.4 Å². The van der Waals surface area contributed by atoms with Crippen molar-refractivity contribution in [1.29, 1.82) is 0 Å². The molecule has 1 atom stereocenters. The van der Waals surface area contributed by atoms with E-state index >= 15 is 0 Å². The molecule has 0 amide bonds. The van der Waals surface area contributed by atoms with E-state index in [2.05, 4.69) is 5.32 Å². The van der Waals surface area contributed by atoms with Crippen LogP contribution >= 0.6 is 12.2 Å². The number of sulfone groups is 1. The van der Waals surface area contributed by atoms with E-state index in [0.29, 0.717) is 17.8 Å². The van der Waals surface area contributed by atoms with Crippen LogP contribution in [-0.4, -0.2) is 44.5 Å². The van der Waals surface area contributed by atoms with Crippen molar-refractivity contribution in [3.63, 3.8) is 0 Å². The number of esters is 1. The largest absolute Gasteiger partial charge is 0.467 e. The van der Waals surface area contributed by atoms with Gasteiger partial charge in [0.25, 0.3) is 0 Å². The summed E-state index contributed by atoms with van der Waals surface area (Å²) < 4.78 is 27.8. The lowest BCUT2D eigenvalue weighted by atomic mass is 9.66. The van der Waals surface area contributed by atoms with Gasteiger partial charge in [-0.15, -0.1) is 0 Å². The fourth-order valence-electron chi connectivity index (χ4n) is 3.47. The molecule has 1 N–H and O–H groups in total. The highest BCUT2D eigenvalue weighted by atomic mass is 32.2. The van der Waals surface area contributed by atoms with Gasteiger partial charge >= 0.3 is 5.97 Å². The zero-order chi connectivity index (χ0) is 20.1. The Balaban J connectivity index is 2.04. The molecule has 27 heavy (non-hydrogen) atoms. The summed E-state index contributed by atoms with van der Waals surface area (Å²) in [6.07, 6.45) is 5.99. The molecular weight excluding hydrogens is 382 g/mol. The van der Waals surface area contributed by atoms with E-state index < -0.39 is 15.9 Å². The summed E-state index contributed by atoms with van der Waals surface area (Å²) in [4.78, 5) is 12.9. The number of hydrogen-bond acceptors (Lipinski definition) is 5. The van der Waals surface area contributed by atoms with Gasteiger partial charge in [-0.1, -0.05) is 48.5 Å². The summed E-state index contributed by atoms with van der Waals surface area (Å²) in [5, 5.41) is 3.23. The summed E-state index contributed by atoms with van der Waals surface area (Å²) in [7, 11) is -1.60. The molecule has 0 aromatic heterocycles. The first-order valence-electron chi connectivity index (χ1n) is 9.27. The van der Waals surface area contributed by atoms with Crippen LogP contribution in [0.2, 0.25) is 0 Å². The summed E-state index contributed by atoms with van der Waals surface area (Å²) >= 11 is 5.66. The Labute approximate surface area is 167 Å². The number of benzene rings is 1. The van der Waals surface area contributed by atoms with Gasteiger partial charge in [0.05, 0.1) is 12.1 Å². The molecule has 1 aromatic carbocycles. The van der Waals surface area contributed by atoms with Crippen molar-refractivity contribution < 1.29 is 17.9 Å². The second-order valence-corrected chi connectivity index (χ2v) is 10.3. The molecular formula is C20H29NO4S2. The number of thiocarbonyl (C=S) groups is 1. The minimum atomic E-state index is -2.98. The van der Waals surface area contributed by atoms with E-state index in [1.54, 1.807) is 0 Å². The van der Waals surface area contributed by atoms with E-state index in [4.69, 9.17) is 17.0 Å². The molecule has 1 unspecified atom stereocenters. The van der Waals surface area contributed by atoms with Crippen LogP contribution in [-0.2, 0) is 25.8 Å². The molecule has 0 aliphatic heterocycles. The number of ether oxygens (including phenoxy) is 1. The Morgan fingerprint density at radius 2 is 1.93 bits per heavy atom. The van der Waals surface area contributed by atoms with Crippen LogP contribution in [0.15, 0.2) is 24.3 Å². The van der Waals surface area contributed by atoms with Crippen LogP contribution in [0.1, 0.15) is 43.2 Å². The topological polar surface area (TPSA) is 72.5 Å². The van der Waals surface area contributed by atoms with Gasteiger partial charge in [-0.25, -0.2) is 13.2 Å². The highest BCUT2D eigenvalue weighted by Gasteiger charge is 2.41. The second-order valence-electron chi connectivity index (χ2n) is 7.61. The van der Waals surface area contributed by atoms with E-state index in [-0.39, 0.29) is 17.1 Å². The Morgan fingerprint density at radius 1 is 1.30 bits per heavy atom. The van der Waals surface area contributed by atoms with Crippen LogP contribution < -0.4 is 5.32 Å². The predicted octanol–water partition coefficient (Wildman–Crippen LogP) is 2.99. The molecule has 7 heteroatoms. The fraction of sp³-hybridized carbons (Fsp3) is 0.600. The van der Waals surface area contributed by atoms with Gasteiger partial charge in [-0.3, -0.25) is 0 Å². The molecule has 1 aromatic rings. The van der Waals surface area contributed by atoms with Crippen LogP contribution in [0.5, 0.6) is 0 Å². The van der Waals surface area contributed by atoms with Crippen molar-refractivity contribution >= 4 is 33.0 Å². The van der Waals surface area contributed by atoms with Gasteiger partial charge in [-0.05, 0) is 38.2 Å². The number of rotatable bonds is 9. The highest BCUT2D eigenvalue weighted by Crippen LogP contribution is 2.45. The van der Waals surface area contributed by atoms with Gasteiger partial charge in [0.1, 0.15) is 15.9 Å². The second kappa shape index (κ2) is 9.15. The minimum Gasteiger partial charge on any atom is -0.467 e. The molecule has 1 aliphatic carbocycles. The highest BCUT2D eigenvalue weighted by molar-refractivity contribution is 7.90. The number of nitrogens with one attached hydrogen (secondary N) is 1. The molecule has 1 saturated carbocycles. The maximum Gasteiger partial charge on any atom is 0.328 e. The standard InChI is InChI=1S/C20H29NO4S2/c1-15-6-8-16(9-7-15)14-17(18(22)25-2)21-19(26)20(10-4-11-20)12-5-13-27(3,23)24/h6-9,17H,4-5,10-14H2,1-3H3,(H,21,26). The molecule has 2 rings (SSSR count). The van der Waals surface area contributed by atoms with E-state index in [1.807, 2.05) is 31.2 Å². The van der Waals surface area contributed by atoms with Crippen molar-refractivity contribution in [3.05, 3.63) is 35.4 Å². The van der Waals surface area contributed by atoms with E-state index in [9.17, 15) is 13.2 Å². The van der Waals surface area contributed by atoms with Crippen LogP contribution in [0.25, 0.3) is 0 Å². The monoisotopic (exact) mass is 411 g/mol. The smallest absolute Gasteiger partial charge is 0.328 e. The molecule has 5 nitrogen and oxygen atoms in total. The third-order valence-electron chi connectivity index (χ3n) is 5.31. The van der Waals surface area contributed by atoms with Gasteiger partial charge in [0.15, 0.2) is 0 Å². The van der Waals surface area contributed by atoms with Gasteiger partial charge in [0.2, 0.25) is 0 Å². The first kappa shape index (κ1) is 21.8. The molecule has 150 valence electrons. The van der Waals surface area contributed by atoms with Crippen molar-refractivity contribution in [2.75, 3.05) is 19.1 Å². The Kier molecular flexibility index (Phi) is 7.40. The molecule has 1 aliphatic rings. The quantitative estimate of drug-likeness (QED) is 0.497. The minimum absolute atomic E-state index is 0.168. The Morgan fingerprint density at radius 3 is 2.41 bits per heavy atom. The van der Waals surface area contributed by atoms with Crippen LogP contribution in [0.4, 0.5) is 0 Å². The van der Waals surface area contributed by atoms with E-state index in [0.717, 1.165) is 36.8 Å². The lowest BCUT2D eigenvalue weighted by molar-refractivity contribution is -0.142. The maximum atomic E-state index is 12.3. The summed E-state index contributed by atoms with van der Waals surface area (Å²) in [6.45, 7) is 2.02. The van der Waals surface area contributed by atoms with Gasteiger partial charge in [-0.2, -0.15) is 0 Å². The van der Waals surface area contributed by atoms with Gasteiger partial charge < -0.3 is 10.1 Å². The summed E-state index contributed by atoms with van der Waals surface area (Å²) in [5.74, 6) is -0.176. The van der Waals surface area contributed by atoms with Crippen molar-refractivity contribution in [2.24, 2.45) is 5.41 Å².